The Hall–Kier alpha value is -3.95. The third-order valence-corrected chi connectivity index (χ3v) is 7.40. The number of nitrogens with two attached hydrogens (primary N) is 1. The fraction of sp³-hybridized carbons (Fsp3) is 0.387. The fourth-order valence-corrected chi connectivity index (χ4v) is 5.38. The number of fused-ring (bicyclic) bond motifs is 1. The van der Waals surface area contributed by atoms with Crippen LogP contribution >= 0.6 is 0 Å². The number of hydrogen-bond acceptors (Lipinski definition) is 6. The molecule has 2 amide bonds. The van der Waals surface area contributed by atoms with Crippen molar-refractivity contribution < 1.29 is 18.7 Å². The van der Waals surface area contributed by atoms with Crippen molar-refractivity contribution in [3.63, 3.8) is 0 Å². The van der Waals surface area contributed by atoms with Gasteiger partial charge in [-0.1, -0.05) is 42.5 Å². The van der Waals surface area contributed by atoms with Gasteiger partial charge < -0.3 is 29.7 Å². The molecule has 1 saturated heterocycles. The second-order valence-electron chi connectivity index (χ2n) is 10.3. The Kier molecular flexibility index (Phi) is 8.93. The van der Waals surface area contributed by atoms with Gasteiger partial charge in [0.25, 0.3) is 5.91 Å². The molecule has 4 aromatic rings. The van der Waals surface area contributed by atoms with E-state index in [1.54, 1.807) is 19.2 Å². The second-order valence-corrected chi connectivity index (χ2v) is 10.3. The number of benzene rings is 2. The zero-order valence-electron chi connectivity index (χ0n) is 22.9. The van der Waals surface area contributed by atoms with Crippen molar-refractivity contribution in [1.82, 2.24) is 19.8 Å². The van der Waals surface area contributed by atoms with Crippen molar-refractivity contribution in [3.05, 3.63) is 78.3 Å². The molecule has 1 aliphatic heterocycles. The van der Waals surface area contributed by atoms with E-state index in [0.717, 1.165) is 48.2 Å². The number of imidazole rings is 1. The van der Waals surface area contributed by atoms with Gasteiger partial charge in [-0.2, -0.15) is 0 Å². The minimum absolute atomic E-state index is 0.00199. The molecule has 0 spiro atoms. The number of nitrogens with zero attached hydrogens (tertiary/aromatic N) is 3. The van der Waals surface area contributed by atoms with Crippen LogP contribution in [0.15, 0.2) is 71.1 Å². The average molecular weight is 544 g/mol. The van der Waals surface area contributed by atoms with Crippen LogP contribution in [-0.4, -0.2) is 65.7 Å². The normalized spacial score (nSPS) is 16.2. The summed E-state index contributed by atoms with van der Waals surface area (Å²) in [7, 11) is 1.71. The molecular weight excluding hydrogens is 506 g/mol. The van der Waals surface area contributed by atoms with Crippen LogP contribution in [0.25, 0.3) is 22.4 Å². The lowest BCUT2D eigenvalue weighted by molar-refractivity contribution is -0.132. The highest BCUT2D eigenvalue weighted by Gasteiger charge is 2.29. The molecule has 9 nitrogen and oxygen atoms in total. The van der Waals surface area contributed by atoms with Gasteiger partial charge in [-0.15, -0.1) is 0 Å². The molecule has 0 saturated carbocycles. The van der Waals surface area contributed by atoms with E-state index in [-0.39, 0.29) is 36.5 Å². The first kappa shape index (κ1) is 27.6. The average Bonchev–Trinajstić information content (AvgIpc) is 3.63. The standard InChI is InChI=1S/C31H37N5O4/c1-39-18-8-17-36-26-13-6-5-12-25(26)34-30(36)23-11-7-16-35(21-23)29(37)19-24(32)20-33-31(38)28-15-14-27(40-28)22-9-3-2-4-10-22/h2-6,9-10,12-15,23-24H,7-8,11,16-21,32H2,1H3,(H,33,38). The van der Waals surface area contributed by atoms with E-state index in [2.05, 4.69) is 16.0 Å². The van der Waals surface area contributed by atoms with Crippen LogP contribution in [0, 0.1) is 0 Å². The first-order chi connectivity index (χ1) is 19.5. The molecule has 2 aromatic carbocycles. The third-order valence-electron chi connectivity index (χ3n) is 7.40. The van der Waals surface area contributed by atoms with E-state index in [0.29, 0.717) is 25.5 Å². The highest BCUT2D eigenvalue weighted by atomic mass is 16.5. The minimum Gasteiger partial charge on any atom is -0.451 e. The van der Waals surface area contributed by atoms with Crippen LogP contribution in [0.5, 0.6) is 0 Å². The van der Waals surface area contributed by atoms with Crippen molar-refractivity contribution in [3.8, 4) is 11.3 Å². The molecule has 9 heteroatoms. The van der Waals surface area contributed by atoms with Crippen LogP contribution in [0.3, 0.4) is 0 Å². The molecular formula is C31H37N5O4. The van der Waals surface area contributed by atoms with Gasteiger partial charge in [0.05, 0.1) is 11.0 Å². The zero-order valence-corrected chi connectivity index (χ0v) is 22.9. The van der Waals surface area contributed by atoms with E-state index < -0.39 is 6.04 Å². The topological polar surface area (TPSA) is 116 Å². The van der Waals surface area contributed by atoms with Crippen molar-refractivity contribution in [2.45, 2.75) is 44.2 Å². The number of nitrogens with one attached hydrogen (secondary N) is 1. The summed E-state index contributed by atoms with van der Waals surface area (Å²) in [6.45, 7) is 3.00. The predicted octanol–water partition coefficient (Wildman–Crippen LogP) is 4.19. The summed E-state index contributed by atoms with van der Waals surface area (Å²) in [5, 5.41) is 2.80. The number of furan rings is 1. The van der Waals surface area contributed by atoms with Gasteiger partial charge in [0.15, 0.2) is 5.76 Å². The molecule has 0 bridgehead atoms. The number of aromatic nitrogens is 2. The van der Waals surface area contributed by atoms with Crippen LogP contribution in [0.2, 0.25) is 0 Å². The molecule has 0 radical (unpaired) electrons. The Morgan fingerprint density at radius 3 is 2.75 bits per heavy atom. The highest BCUT2D eigenvalue weighted by Crippen LogP contribution is 2.30. The van der Waals surface area contributed by atoms with Gasteiger partial charge >= 0.3 is 0 Å². The predicted molar refractivity (Wildman–Crippen MR) is 154 cm³/mol. The lowest BCUT2D eigenvalue weighted by Gasteiger charge is -2.33. The molecule has 210 valence electrons. The number of carbonyl (C=O) groups excluding carboxylic acids is 2. The number of amides is 2. The Labute approximate surface area is 234 Å². The Balaban J connectivity index is 1.16. The number of methoxy groups -OCH3 is 1. The molecule has 2 atom stereocenters. The molecule has 1 fully saturated rings. The number of rotatable bonds is 11. The van der Waals surface area contributed by atoms with Crippen LogP contribution < -0.4 is 11.1 Å². The number of likely N-dealkylation sites (tertiary alicyclic amines) is 1. The van der Waals surface area contributed by atoms with Crippen molar-refractivity contribution in [2.75, 3.05) is 33.4 Å². The first-order valence-electron chi connectivity index (χ1n) is 13.9. The third kappa shape index (κ3) is 6.43. The van der Waals surface area contributed by atoms with Crippen LogP contribution in [0.1, 0.15) is 48.0 Å². The summed E-state index contributed by atoms with van der Waals surface area (Å²) >= 11 is 0. The number of piperidine rings is 1. The molecule has 3 N–H and O–H groups in total. The van der Waals surface area contributed by atoms with E-state index in [1.165, 1.54) is 0 Å². The van der Waals surface area contributed by atoms with Crippen molar-refractivity contribution >= 4 is 22.8 Å². The van der Waals surface area contributed by atoms with E-state index in [4.69, 9.17) is 19.9 Å². The van der Waals surface area contributed by atoms with Gasteiger partial charge in [0.1, 0.15) is 11.6 Å². The van der Waals surface area contributed by atoms with Gasteiger partial charge in [-0.25, -0.2) is 4.98 Å². The lowest BCUT2D eigenvalue weighted by Crippen LogP contribution is -2.45. The monoisotopic (exact) mass is 543 g/mol. The molecule has 5 rings (SSSR count). The summed E-state index contributed by atoms with van der Waals surface area (Å²) in [5.74, 6) is 1.66. The van der Waals surface area contributed by atoms with Gasteiger partial charge in [-0.05, 0) is 43.5 Å². The summed E-state index contributed by atoms with van der Waals surface area (Å²) in [6.07, 6.45) is 2.94. The van der Waals surface area contributed by atoms with Crippen LogP contribution in [0.4, 0.5) is 0 Å². The van der Waals surface area contributed by atoms with Gasteiger partial charge in [0.2, 0.25) is 5.91 Å². The second kappa shape index (κ2) is 12.9. The quantitative estimate of drug-likeness (QED) is 0.274. The summed E-state index contributed by atoms with van der Waals surface area (Å²) in [6, 6.07) is 20.7. The number of carbonyl (C=O) groups is 2. The molecule has 40 heavy (non-hydrogen) atoms. The summed E-state index contributed by atoms with van der Waals surface area (Å²) < 4.78 is 13.3. The van der Waals surface area contributed by atoms with Gasteiger partial charge in [-0.3, -0.25) is 9.59 Å². The summed E-state index contributed by atoms with van der Waals surface area (Å²) in [5.41, 5.74) is 9.26. The number of ether oxygens (including phenoxy) is 1. The smallest absolute Gasteiger partial charge is 0.287 e. The van der Waals surface area contributed by atoms with E-state index >= 15 is 0 Å². The number of para-hydroxylation sites is 2. The first-order valence-corrected chi connectivity index (χ1v) is 13.9. The minimum atomic E-state index is -0.501. The zero-order chi connectivity index (χ0) is 27.9. The van der Waals surface area contributed by atoms with E-state index in [1.807, 2.05) is 53.4 Å². The maximum absolute atomic E-state index is 13.2. The summed E-state index contributed by atoms with van der Waals surface area (Å²) in [4.78, 5) is 32.7. The molecule has 3 heterocycles. The van der Waals surface area contributed by atoms with Crippen LogP contribution in [-0.2, 0) is 16.1 Å². The maximum atomic E-state index is 13.2. The Bertz CT molecular complexity index is 1430. The Morgan fingerprint density at radius 1 is 1.12 bits per heavy atom. The number of hydrogen-bond donors (Lipinski definition) is 2. The fourth-order valence-electron chi connectivity index (χ4n) is 5.38. The largest absolute Gasteiger partial charge is 0.451 e. The highest BCUT2D eigenvalue weighted by molar-refractivity contribution is 5.92. The molecule has 2 unspecified atom stereocenters. The molecule has 1 aliphatic rings. The molecule has 2 aromatic heterocycles. The maximum Gasteiger partial charge on any atom is 0.287 e. The van der Waals surface area contributed by atoms with Crippen molar-refractivity contribution in [2.24, 2.45) is 5.73 Å². The molecule has 0 aliphatic carbocycles. The SMILES string of the molecule is COCCCn1c(C2CCCN(C(=O)CC(N)CNC(=O)c3ccc(-c4ccccc4)o3)C2)nc2ccccc21. The lowest BCUT2D eigenvalue weighted by atomic mass is 9.96. The van der Waals surface area contributed by atoms with E-state index in [9.17, 15) is 9.59 Å². The van der Waals surface area contributed by atoms with Gasteiger partial charge in [0, 0.05) is 63.8 Å². The van der Waals surface area contributed by atoms with Crippen molar-refractivity contribution in [1.29, 1.82) is 0 Å². The Morgan fingerprint density at radius 2 is 1.93 bits per heavy atom. The number of aryl methyl sites for hydroxylation is 1.